The van der Waals surface area contributed by atoms with Crippen LogP contribution in [0.5, 0.6) is 0 Å². The average Bonchev–Trinajstić information content (AvgIpc) is 3.05. The van der Waals surface area contributed by atoms with Crippen molar-refractivity contribution in [3.63, 3.8) is 0 Å². The van der Waals surface area contributed by atoms with Crippen LogP contribution < -0.4 is 5.32 Å². The maximum atomic E-state index is 11.6. The Kier molecular flexibility index (Phi) is 4.81. The summed E-state index contributed by atoms with van der Waals surface area (Å²) in [5.74, 6) is 1.17. The molecule has 1 unspecified atom stereocenters. The smallest absolute Gasteiger partial charge is 0.220 e. The van der Waals surface area contributed by atoms with Crippen molar-refractivity contribution in [3.05, 3.63) is 24.2 Å². The summed E-state index contributed by atoms with van der Waals surface area (Å²) >= 11 is 0. The summed E-state index contributed by atoms with van der Waals surface area (Å²) in [5.41, 5.74) is 0. The molecular weight excluding hydrogens is 230 g/mol. The quantitative estimate of drug-likeness (QED) is 0.811. The first-order valence-electron chi connectivity index (χ1n) is 6.73. The minimum absolute atomic E-state index is 0.0246. The SMILES string of the molecule is O=C(CCc1ccco1)NCC(O)C1CCCC1. The minimum Gasteiger partial charge on any atom is -0.469 e. The topological polar surface area (TPSA) is 62.5 Å². The Morgan fingerprint density at radius 3 is 2.94 bits per heavy atom. The van der Waals surface area contributed by atoms with Gasteiger partial charge in [0.1, 0.15) is 5.76 Å². The summed E-state index contributed by atoms with van der Waals surface area (Å²) < 4.78 is 5.16. The van der Waals surface area contributed by atoms with Gasteiger partial charge in [0.15, 0.2) is 0 Å². The molecule has 0 aromatic carbocycles. The standard InChI is InChI=1S/C14H21NO3/c16-13(11-4-1-2-5-11)10-15-14(17)8-7-12-6-3-9-18-12/h3,6,9,11,13,16H,1-2,4-5,7-8,10H2,(H,15,17). The van der Waals surface area contributed by atoms with E-state index in [-0.39, 0.29) is 12.0 Å². The molecule has 1 heterocycles. The normalized spacial score (nSPS) is 17.8. The maximum Gasteiger partial charge on any atom is 0.220 e. The number of aliphatic hydroxyl groups is 1. The van der Waals surface area contributed by atoms with Crippen molar-refractivity contribution in [1.29, 1.82) is 0 Å². The van der Waals surface area contributed by atoms with E-state index in [1.165, 1.54) is 12.8 Å². The van der Waals surface area contributed by atoms with E-state index >= 15 is 0 Å². The van der Waals surface area contributed by atoms with Crippen molar-refractivity contribution < 1.29 is 14.3 Å². The van der Waals surface area contributed by atoms with E-state index in [1.807, 2.05) is 12.1 Å². The number of carbonyl (C=O) groups excluding carboxylic acids is 1. The van der Waals surface area contributed by atoms with Crippen LogP contribution in [0.1, 0.15) is 37.9 Å². The lowest BCUT2D eigenvalue weighted by Gasteiger charge is -2.17. The second kappa shape index (κ2) is 6.59. The fraction of sp³-hybridized carbons (Fsp3) is 0.643. The largest absolute Gasteiger partial charge is 0.469 e. The summed E-state index contributed by atoms with van der Waals surface area (Å²) in [4.78, 5) is 11.6. The second-order valence-corrected chi connectivity index (χ2v) is 5.00. The number of amides is 1. The molecule has 2 rings (SSSR count). The number of aliphatic hydroxyl groups excluding tert-OH is 1. The number of furan rings is 1. The van der Waals surface area contributed by atoms with Crippen molar-refractivity contribution in [2.45, 2.75) is 44.6 Å². The number of nitrogens with one attached hydrogen (secondary N) is 1. The Morgan fingerprint density at radius 1 is 1.50 bits per heavy atom. The highest BCUT2D eigenvalue weighted by Crippen LogP contribution is 2.27. The van der Waals surface area contributed by atoms with Crippen LogP contribution in [0.4, 0.5) is 0 Å². The van der Waals surface area contributed by atoms with E-state index < -0.39 is 0 Å². The molecule has 2 N–H and O–H groups in total. The van der Waals surface area contributed by atoms with Crippen LogP contribution in [0.15, 0.2) is 22.8 Å². The fourth-order valence-corrected chi connectivity index (χ4v) is 2.51. The molecule has 100 valence electrons. The van der Waals surface area contributed by atoms with Crippen LogP contribution >= 0.6 is 0 Å². The van der Waals surface area contributed by atoms with Gasteiger partial charge in [0.05, 0.1) is 12.4 Å². The highest BCUT2D eigenvalue weighted by Gasteiger charge is 2.23. The average molecular weight is 251 g/mol. The van der Waals surface area contributed by atoms with Gasteiger partial charge in [-0.05, 0) is 30.9 Å². The summed E-state index contributed by atoms with van der Waals surface area (Å²) in [6, 6.07) is 3.68. The Labute approximate surface area is 107 Å². The van der Waals surface area contributed by atoms with Gasteiger partial charge in [0.2, 0.25) is 5.91 Å². The van der Waals surface area contributed by atoms with E-state index in [2.05, 4.69) is 5.32 Å². The van der Waals surface area contributed by atoms with Gasteiger partial charge < -0.3 is 14.8 Å². The lowest BCUT2D eigenvalue weighted by molar-refractivity contribution is -0.121. The highest BCUT2D eigenvalue weighted by atomic mass is 16.3. The van der Waals surface area contributed by atoms with E-state index in [4.69, 9.17) is 4.42 Å². The van der Waals surface area contributed by atoms with E-state index in [0.717, 1.165) is 18.6 Å². The molecule has 0 radical (unpaired) electrons. The maximum absolute atomic E-state index is 11.6. The zero-order valence-electron chi connectivity index (χ0n) is 10.6. The lowest BCUT2D eigenvalue weighted by Crippen LogP contribution is -2.35. The number of hydrogen-bond donors (Lipinski definition) is 2. The van der Waals surface area contributed by atoms with Crippen molar-refractivity contribution in [3.8, 4) is 0 Å². The zero-order chi connectivity index (χ0) is 12.8. The summed E-state index contributed by atoms with van der Waals surface area (Å²) in [5, 5.41) is 12.7. The molecule has 0 spiro atoms. The molecular formula is C14H21NO3. The Balaban J connectivity index is 1.62. The Morgan fingerprint density at radius 2 is 2.28 bits per heavy atom. The fourth-order valence-electron chi connectivity index (χ4n) is 2.51. The molecule has 1 amide bonds. The van der Waals surface area contributed by atoms with Crippen LogP contribution in [0, 0.1) is 5.92 Å². The summed E-state index contributed by atoms with van der Waals surface area (Å²) in [6.07, 6.45) is 6.82. The van der Waals surface area contributed by atoms with Crippen LogP contribution in [-0.2, 0) is 11.2 Å². The lowest BCUT2D eigenvalue weighted by atomic mass is 10.0. The Bertz CT molecular complexity index is 355. The van der Waals surface area contributed by atoms with Gasteiger partial charge in [-0.2, -0.15) is 0 Å². The monoisotopic (exact) mass is 251 g/mol. The van der Waals surface area contributed by atoms with Crippen molar-refractivity contribution in [2.24, 2.45) is 5.92 Å². The Hall–Kier alpha value is -1.29. The molecule has 0 saturated heterocycles. The third kappa shape index (κ3) is 3.88. The first-order valence-corrected chi connectivity index (χ1v) is 6.73. The predicted octanol–water partition coefficient (Wildman–Crippen LogP) is 1.88. The van der Waals surface area contributed by atoms with Gasteiger partial charge in [-0.3, -0.25) is 4.79 Å². The van der Waals surface area contributed by atoms with Gasteiger partial charge >= 0.3 is 0 Å². The number of carbonyl (C=O) groups is 1. The van der Waals surface area contributed by atoms with E-state index in [1.54, 1.807) is 6.26 Å². The molecule has 1 aliphatic rings. The highest BCUT2D eigenvalue weighted by molar-refractivity contribution is 5.76. The van der Waals surface area contributed by atoms with Gasteiger partial charge in [-0.1, -0.05) is 12.8 Å². The van der Waals surface area contributed by atoms with Crippen molar-refractivity contribution in [1.82, 2.24) is 5.32 Å². The molecule has 1 atom stereocenters. The zero-order valence-corrected chi connectivity index (χ0v) is 10.6. The van der Waals surface area contributed by atoms with E-state index in [9.17, 15) is 9.90 Å². The number of hydrogen-bond acceptors (Lipinski definition) is 3. The van der Waals surface area contributed by atoms with Crippen LogP contribution in [0.3, 0.4) is 0 Å². The molecule has 0 bridgehead atoms. The first kappa shape index (κ1) is 13.1. The minimum atomic E-state index is -0.389. The second-order valence-electron chi connectivity index (χ2n) is 5.00. The molecule has 4 nitrogen and oxygen atoms in total. The van der Waals surface area contributed by atoms with Crippen molar-refractivity contribution in [2.75, 3.05) is 6.54 Å². The molecule has 1 aliphatic carbocycles. The van der Waals surface area contributed by atoms with Crippen LogP contribution in [-0.4, -0.2) is 23.7 Å². The summed E-state index contributed by atoms with van der Waals surface area (Å²) in [7, 11) is 0. The molecule has 1 aromatic heterocycles. The van der Waals surface area contributed by atoms with Crippen LogP contribution in [0.25, 0.3) is 0 Å². The molecule has 1 aromatic rings. The van der Waals surface area contributed by atoms with E-state index in [0.29, 0.717) is 25.3 Å². The molecule has 1 saturated carbocycles. The number of rotatable bonds is 6. The molecule has 1 fully saturated rings. The van der Waals surface area contributed by atoms with Gasteiger partial charge in [-0.25, -0.2) is 0 Å². The third-order valence-electron chi connectivity index (χ3n) is 3.63. The van der Waals surface area contributed by atoms with Gasteiger partial charge in [0.25, 0.3) is 0 Å². The van der Waals surface area contributed by atoms with Gasteiger partial charge in [-0.15, -0.1) is 0 Å². The number of aryl methyl sites for hydroxylation is 1. The summed E-state index contributed by atoms with van der Waals surface area (Å²) in [6.45, 7) is 0.377. The molecule has 18 heavy (non-hydrogen) atoms. The van der Waals surface area contributed by atoms with Gasteiger partial charge in [0, 0.05) is 19.4 Å². The molecule has 4 heteroatoms. The third-order valence-corrected chi connectivity index (χ3v) is 3.63. The van der Waals surface area contributed by atoms with Crippen molar-refractivity contribution >= 4 is 5.91 Å². The predicted molar refractivity (Wildman–Crippen MR) is 68.0 cm³/mol. The van der Waals surface area contributed by atoms with Crippen LogP contribution in [0.2, 0.25) is 0 Å². The first-order chi connectivity index (χ1) is 8.75. The molecule has 0 aliphatic heterocycles.